The number of pyridine rings is 1. The lowest BCUT2D eigenvalue weighted by molar-refractivity contribution is 0.340. The lowest BCUT2D eigenvalue weighted by Gasteiger charge is -2.06. The SMILES string of the molecule is CCCNC(C)c1nc(-c2ncc(C)cc2C)no1. The van der Waals surface area contributed by atoms with Crippen LogP contribution in [0.1, 0.15) is 43.3 Å². The molecule has 2 heterocycles. The molecule has 102 valence electrons. The lowest BCUT2D eigenvalue weighted by atomic mass is 10.1. The Bertz CT molecular complexity index is 550. The molecule has 0 fully saturated rings. The van der Waals surface area contributed by atoms with E-state index in [1.54, 1.807) is 0 Å². The second-order valence-corrected chi connectivity index (χ2v) is 4.81. The van der Waals surface area contributed by atoms with Crippen molar-refractivity contribution in [2.24, 2.45) is 0 Å². The molecule has 5 heteroatoms. The normalized spacial score (nSPS) is 12.6. The first-order chi connectivity index (χ1) is 9.11. The van der Waals surface area contributed by atoms with Crippen molar-refractivity contribution in [1.82, 2.24) is 20.4 Å². The highest BCUT2D eigenvalue weighted by molar-refractivity contribution is 5.54. The Morgan fingerprint density at radius 3 is 2.84 bits per heavy atom. The van der Waals surface area contributed by atoms with Crippen molar-refractivity contribution < 1.29 is 4.52 Å². The Morgan fingerprint density at radius 1 is 1.37 bits per heavy atom. The fourth-order valence-corrected chi connectivity index (χ4v) is 1.90. The molecule has 19 heavy (non-hydrogen) atoms. The summed E-state index contributed by atoms with van der Waals surface area (Å²) in [5, 5.41) is 7.34. The summed E-state index contributed by atoms with van der Waals surface area (Å²) in [6.07, 6.45) is 2.89. The summed E-state index contributed by atoms with van der Waals surface area (Å²) in [6, 6.07) is 2.13. The molecule has 0 bridgehead atoms. The van der Waals surface area contributed by atoms with Crippen molar-refractivity contribution in [1.29, 1.82) is 0 Å². The van der Waals surface area contributed by atoms with E-state index in [9.17, 15) is 0 Å². The minimum atomic E-state index is 0.0620. The molecule has 1 unspecified atom stereocenters. The Morgan fingerprint density at radius 2 is 2.16 bits per heavy atom. The van der Waals surface area contributed by atoms with Gasteiger partial charge < -0.3 is 9.84 Å². The maximum atomic E-state index is 5.30. The second kappa shape index (κ2) is 5.93. The minimum Gasteiger partial charge on any atom is -0.337 e. The van der Waals surface area contributed by atoms with Crippen molar-refractivity contribution in [3.63, 3.8) is 0 Å². The standard InChI is InChI=1S/C14H20N4O/c1-5-6-15-11(4)14-17-13(18-19-14)12-10(3)7-9(2)8-16-12/h7-8,11,15H,5-6H2,1-4H3. The Balaban J connectivity index is 2.20. The summed E-state index contributed by atoms with van der Waals surface area (Å²) in [5.74, 6) is 1.16. The van der Waals surface area contributed by atoms with E-state index in [0.717, 1.165) is 29.8 Å². The third-order valence-electron chi connectivity index (χ3n) is 2.94. The Labute approximate surface area is 113 Å². The van der Waals surface area contributed by atoms with Gasteiger partial charge in [-0.2, -0.15) is 4.98 Å². The molecule has 5 nitrogen and oxygen atoms in total. The van der Waals surface area contributed by atoms with Crippen LogP contribution in [0.2, 0.25) is 0 Å². The molecule has 0 radical (unpaired) electrons. The summed E-state index contributed by atoms with van der Waals surface area (Å²) < 4.78 is 5.30. The van der Waals surface area contributed by atoms with Gasteiger partial charge in [-0.05, 0) is 44.9 Å². The molecule has 0 aliphatic heterocycles. The van der Waals surface area contributed by atoms with Gasteiger partial charge in [0, 0.05) is 6.20 Å². The molecule has 0 saturated heterocycles. The van der Waals surface area contributed by atoms with Crippen molar-refractivity contribution in [2.45, 2.75) is 40.2 Å². The van der Waals surface area contributed by atoms with Crippen molar-refractivity contribution >= 4 is 0 Å². The van der Waals surface area contributed by atoms with Gasteiger partial charge in [-0.15, -0.1) is 0 Å². The first-order valence-electron chi connectivity index (χ1n) is 6.62. The third-order valence-corrected chi connectivity index (χ3v) is 2.94. The lowest BCUT2D eigenvalue weighted by Crippen LogP contribution is -2.19. The van der Waals surface area contributed by atoms with Crippen LogP contribution in [0.15, 0.2) is 16.8 Å². The van der Waals surface area contributed by atoms with Crippen molar-refractivity contribution in [3.05, 3.63) is 29.3 Å². The van der Waals surface area contributed by atoms with Gasteiger partial charge in [0.2, 0.25) is 11.7 Å². The molecule has 1 atom stereocenters. The van der Waals surface area contributed by atoms with Crippen LogP contribution in [0.25, 0.3) is 11.5 Å². The predicted molar refractivity (Wildman–Crippen MR) is 73.7 cm³/mol. The van der Waals surface area contributed by atoms with E-state index >= 15 is 0 Å². The highest BCUT2D eigenvalue weighted by Crippen LogP contribution is 2.20. The van der Waals surface area contributed by atoms with Crippen LogP contribution in [0.4, 0.5) is 0 Å². The molecule has 2 rings (SSSR count). The molecule has 2 aromatic heterocycles. The quantitative estimate of drug-likeness (QED) is 0.895. The van der Waals surface area contributed by atoms with Gasteiger partial charge in [-0.25, -0.2) is 0 Å². The summed E-state index contributed by atoms with van der Waals surface area (Å²) >= 11 is 0. The molecule has 0 saturated carbocycles. The van der Waals surface area contributed by atoms with Gasteiger partial charge in [0.05, 0.1) is 6.04 Å². The maximum Gasteiger partial charge on any atom is 0.243 e. The predicted octanol–water partition coefficient (Wildman–Crippen LogP) is 2.81. The van der Waals surface area contributed by atoms with Crippen LogP contribution < -0.4 is 5.32 Å². The highest BCUT2D eigenvalue weighted by atomic mass is 16.5. The summed E-state index contributed by atoms with van der Waals surface area (Å²) in [5.41, 5.74) is 2.97. The van der Waals surface area contributed by atoms with Crippen LogP contribution in [0, 0.1) is 13.8 Å². The number of aryl methyl sites for hydroxylation is 2. The number of nitrogens with one attached hydrogen (secondary N) is 1. The van der Waals surface area contributed by atoms with Gasteiger partial charge in [0.25, 0.3) is 0 Å². The zero-order chi connectivity index (χ0) is 13.8. The molecule has 0 amide bonds. The van der Waals surface area contributed by atoms with Crippen LogP contribution >= 0.6 is 0 Å². The van der Waals surface area contributed by atoms with Crippen molar-refractivity contribution in [3.8, 4) is 11.5 Å². The number of hydrogen-bond donors (Lipinski definition) is 1. The van der Waals surface area contributed by atoms with E-state index in [4.69, 9.17) is 4.52 Å². The van der Waals surface area contributed by atoms with Crippen LogP contribution in [-0.4, -0.2) is 21.7 Å². The second-order valence-electron chi connectivity index (χ2n) is 4.81. The number of rotatable bonds is 5. The smallest absolute Gasteiger partial charge is 0.243 e. The topological polar surface area (TPSA) is 63.8 Å². The van der Waals surface area contributed by atoms with Crippen LogP contribution in [0.3, 0.4) is 0 Å². The summed E-state index contributed by atoms with van der Waals surface area (Å²) in [4.78, 5) is 8.80. The fraction of sp³-hybridized carbons (Fsp3) is 0.500. The monoisotopic (exact) mass is 260 g/mol. The molecule has 0 aromatic carbocycles. The molecular weight excluding hydrogens is 240 g/mol. The van der Waals surface area contributed by atoms with Crippen LogP contribution in [-0.2, 0) is 0 Å². The molecule has 2 aromatic rings. The van der Waals surface area contributed by atoms with E-state index in [1.807, 2.05) is 27.0 Å². The average Bonchev–Trinajstić information content (AvgIpc) is 2.85. The summed E-state index contributed by atoms with van der Waals surface area (Å²) in [7, 11) is 0. The zero-order valence-electron chi connectivity index (χ0n) is 11.9. The largest absolute Gasteiger partial charge is 0.337 e. The molecule has 1 N–H and O–H groups in total. The Kier molecular flexibility index (Phi) is 4.27. The number of aromatic nitrogens is 3. The van der Waals surface area contributed by atoms with E-state index in [2.05, 4.69) is 33.4 Å². The van der Waals surface area contributed by atoms with Gasteiger partial charge in [-0.3, -0.25) is 4.98 Å². The Hall–Kier alpha value is -1.75. The van der Waals surface area contributed by atoms with E-state index in [0.29, 0.717) is 11.7 Å². The molecule has 0 aliphatic rings. The maximum absolute atomic E-state index is 5.30. The zero-order valence-corrected chi connectivity index (χ0v) is 11.9. The summed E-state index contributed by atoms with van der Waals surface area (Å²) in [6.45, 7) is 9.09. The first kappa shape index (κ1) is 13.7. The molecule has 0 aliphatic carbocycles. The van der Waals surface area contributed by atoms with Crippen molar-refractivity contribution in [2.75, 3.05) is 6.54 Å². The van der Waals surface area contributed by atoms with Crippen LogP contribution in [0.5, 0.6) is 0 Å². The van der Waals surface area contributed by atoms with E-state index in [-0.39, 0.29) is 6.04 Å². The van der Waals surface area contributed by atoms with Gasteiger partial charge in [0.15, 0.2) is 0 Å². The fourth-order valence-electron chi connectivity index (χ4n) is 1.90. The van der Waals surface area contributed by atoms with E-state index < -0.39 is 0 Å². The number of hydrogen-bond acceptors (Lipinski definition) is 5. The average molecular weight is 260 g/mol. The molecular formula is C14H20N4O. The number of nitrogens with zero attached hydrogens (tertiary/aromatic N) is 3. The van der Waals surface area contributed by atoms with Gasteiger partial charge >= 0.3 is 0 Å². The minimum absolute atomic E-state index is 0.0620. The van der Waals surface area contributed by atoms with E-state index in [1.165, 1.54) is 0 Å². The van der Waals surface area contributed by atoms with Gasteiger partial charge in [0.1, 0.15) is 5.69 Å². The molecule has 0 spiro atoms. The van der Waals surface area contributed by atoms with Gasteiger partial charge in [-0.1, -0.05) is 18.1 Å². The third kappa shape index (κ3) is 3.17. The first-order valence-corrected chi connectivity index (χ1v) is 6.62. The highest BCUT2D eigenvalue weighted by Gasteiger charge is 2.16.